The largest absolute Gasteiger partial charge is 0.461 e. The summed E-state index contributed by atoms with van der Waals surface area (Å²) in [6.45, 7) is 1.98. The topological polar surface area (TPSA) is 47.3 Å². The first-order valence-electron chi connectivity index (χ1n) is 4.36. The van der Waals surface area contributed by atoms with Crippen molar-refractivity contribution in [2.45, 2.75) is 26.2 Å². The van der Waals surface area contributed by atoms with E-state index in [1.807, 2.05) is 6.92 Å². The highest BCUT2D eigenvalue weighted by Gasteiger charge is 2.17. The third-order valence-electron chi connectivity index (χ3n) is 1.76. The van der Waals surface area contributed by atoms with E-state index in [2.05, 4.69) is 0 Å². The second kappa shape index (κ2) is 4.60. The summed E-state index contributed by atoms with van der Waals surface area (Å²) in [5.74, 6) is -0.739. The van der Waals surface area contributed by atoms with Crippen molar-refractivity contribution >= 4 is 11.6 Å². The zero-order chi connectivity index (χ0) is 9.68. The minimum absolute atomic E-state index is 0.140. The molecule has 0 fully saturated rings. The Hall–Kier alpha value is -1.38. The van der Waals surface area contributed by atoms with Crippen LogP contribution >= 0.6 is 0 Å². The standard InChI is InChI=1S/C10H12O3/c1-2-3-5-8(11)10(12)9-6-4-7-13-9/h4,6-7H,2-3,5H2,1H3. The predicted octanol–water partition coefficient (Wildman–Crippen LogP) is 2.22. The number of ketones is 2. The monoisotopic (exact) mass is 180 g/mol. The highest BCUT2D eigenvalue weighted by atomic mass is 16.3. The maximum Gasteiger partial charge on any atom is 0.263 e. The number of rotatable bonds is 5. The molecule has 0 atom stereocenters. The van der Waals surface area contributed by atoms with Crippen LogP contribution < -0.4 is 0 Å². The minimum atomic E-state index is -0.515. The lowest BCUT2D eigenvalue weighted by Gasteiger charge is -1.94. The molecule has 0 radical (unpaired) electrons. The summed E-state index contributed by atoms with van der Waals surface area (Å²) in [7, 11) is 0. The van der Waals surface area contributed by atoms with Crippen LogP contribution in [0.1, 0.15) is 36.7 Å². The van der Waals surface area contributed by atoms with E-state index in [1.165, 1.54) is 12.3 Å². The lowest BCUT2D eigenvalue weighted by Crippen LogP contribution is -2.12. The Morgan fingerprint density at radius 3 is 2.77 bits per heavy atom. The van der Waals surface area contributed by atoms with Crippen molar-refractivity contribution in [1.82, 2.24) is 0 Å². The highest BCUT2D eigenvalue weighted by molar-refractivity contribution is 6.42. The van der Waals surface area contributed by atoms with Gasteiger partial charge >= 0.3 is 0 Å². The number of unbranched alkanes of at least 4 members (excludes halogenated alkanes) is 1. The fraction of sp³-hybridized carbons (Fsp3) is 0.400. The average molecular weight is 180 g/mol. The number of Topliss-reactive ketones (excluding diaryl/α,β-unsaturated/α-hetero) is 2. The zero-order valence-corrected chi connectivity index (χ0v) is 7.58. The minimum Gasteiger partial charge on any atom is -0.461 e. The average Bonchev–Trinajstić information content (AvgIpc) is 2.65. The molecule has 0 spiro atoms. The molecule has 0 saturated carbocycles. The Kier molecular flexibility index (Phi) is 3.43. The van der Waals surface area contributed by atoms with Crippen molar-refractivity contribution in [2.75, 3.05) is 0 Å². The van der Waals surface area contributed by atoms with E-state index in [-0.39, 0.29) is 11.5 Å². The van der Waals surface area contributed by atoms with E-state index in [1.54, 1.807) is 6.07 Å². The van der Waals surface area contributed by atoms with E-state index in [0.29, 0.717) is 6.42 Å². The zero-order valence-electron chi connectivity index (χ0n) is 7.58. The van der Waals surface area contributed by atoms with Crippen molar-refractivity contribution in [3.05, 3.63) is 24.2 Å². The van der Waals surface area contributed by atoms with Crippen molar-refractivity contribution in [3.8, 4) is 0 Å². The van der Waals surface area contributed by atoms with Gasteiger partial charge in [0.25, 0.3) is 5.78 Å². The van der Waals surface area contributed by atoms with E-state index < -0.39 is 5.78 Å². The third kappa shape index (κ3) is 2.54. The Labute approximate surface area is 76.7 Å². The highest BCUT2D eigenvalue weighted by Crippen LogP contribution is 2.05. The molecule has 1 heterocycles. The Balaban J connectivity index is 2.53. The van der Waals surface area contributed by atoms with Gasteiger partial charge in [0, 0.05) is 6.42 Å². The second-order valence-corrected chi connectivity index (χ2v) is 2.83. The first-order chi connectivity index (χ1) is 6.25. The van der Waals surface area contributed by atoms with Gasteiger partial charge in [-0.2, -0.15) is 0 Å². The van der Waals surface area contributed by atoms with Gasteiger partial charge < -0.3 is 4.42 Å². The number of carbonyl (C=O) groups excluding carboxylic acids is 2. The molecule has 0 N–H and O–H groups in total. The Morgan fingerprint density at radius 1 is 1.46 bits per heavy atom. The summed E-state index contributed by atoms with van der Waals surface area (Å²) in [6, 6.07) is 3.10. The number of hydrogen-bond donors (Lipinski definition) is 0. The van der Waals surface area contributed by atoms with E-state index in [9.17, 15) is 9.59 Å². The van der Waals surface area contributed by atoms with Gasteiger partial charge in [0.15, 0.2) is 5.76 Å². The first-order valence-corrected chi connectivity index (χ1v) is 4.36. The van der Waals surface area contributed by atoms with Gasteiger partial charge in [-0.1, -0.05) is 13.3 Å². The van der Waals surface area contributed by atoms with Crippen LogP contribution in [-0.2, 0) is 4.79 Å². The van der Waals surface area contributed by atoms with Crippen LogP contribution in [0.5, 0.6) is 0 Å². The summed E-state index contributed by atoms with van der Waals surface area (Å²) in [4.78, 5) is 22.5. The van der Waals surface area contributed by atoms with Crippen molar-refractivity contribution in [3.63, 3.8) is 0 Å². The lowest BCUT2D eigenvalue weighted by atomic mass is 10.1. The maximum atomic E-state index is 11.3. The maximum absolute atomic E-state index is 11.3. The molecule has 3 nitrogen and oxygen atoms in total. The molecule has 0 amide bonds. The second-order valence-electron chi connectivity index (χ2n) is 2.83. The fourth-order valence-electron chi connectivity index (χ4n) is 0.996. The normalized spacial score (nSPS) is 9.92. The van der Waals surface area contributed by atoms with Crippen LogP contribution in [0.2, 0.25) is 0 Å². The van der Waals surface area contributed by atoms with Crippen LogP contribution in [0.3, 0.4) is 0 Å². The van der Waals surface area contributed by atoms with E-state index in [4.69, 9.17) is 4.42 Å². The summed E-state index contributed by atoms with van der Waals surface area (Å²) < 4.78 is 4.83. The number of furan rings is 1. The molecule has 0 aliphatic heterocycles. The molecule has 1 rings (SSSR count). The molecule has 0 saturated heterocycles. The summed E-state index contributed by atoms with van der Waals surface area (Å²) in [5, 5.41) is 0. The lowest BCUT2D eigenvalue weighted by molar-refractivity contribution is -0.115. The van der Waals surface area contributed by atoms with Gasteiger partial charge in [0.1, 0.15) is 0 Å². The molecular formula is C10H12O3. The van der Waals surface area contributed by atoms with Crippen molar-refractivity contribution < 1.29 is 14.0 Å². The van der Waals surface area contributed by atoms with Gasteiger partial charge in [0.05, 0.1) is 6.26 Å². The quantitative estimate of drug-likeness (QED) is 0.515. The molecule has 13 heavy (non-hydrogen) atoms. The predicted molar refractivity (Wildman–Crippen MR) is 47.6 cm³/mol. The van der Waals surface area contributed by atoms with Gasteiger partial charge in [-0.15, -0.1) is 0 Å². The number of hydrogen-bond acceptors (Lipinski definition) is 3. The Bertz CT molecular complexity index is 285. The van der Waals surface area contributed by atoms with Crippen LogP contribution in [0.4, 0.5) is 0 Å². The van der Waals surface area contributed by atoms with Gasteiger partial charge in [-0.25, -0.2) is 0 Å². The van der Waals surface area contributed by atoms with Crippen molar-refractivity contribution in [2.24, 2.45) is 0 Å². The fourth-order valence-corrected chi connectivity index (χ4v) is 0.996. The molecule has 0 aliphatic rings. The van der Waals surface area contributed by atoms with E-state index >= 15 is 0 Å². The molecule has 1 aromatic heterocycles. The van der Waals surface area contributed by atoms with Crippen LogP contribution in [-0.4, -0.2) is 11.6 Å². The summed E-state index contributed by atoms with van der Waals surface area (Å²) in [6.07, 6.45) is 3.37. The molecule has 0 unspecified atom stereocenters. The molecule has 0 bridgehead atoms. The third-order valence-corrected chi connectivity index (χ3v) is 1.76. The molecule has 1 aromatic rings. The van der Waals surface area contributed by atoms with Crippen LogP contribution in [0.15, 0.2) is 22.8 Å². The van der Waals surface area contributed by atoms with Crippen LogP contribution in [0.25, 0.3) is 0 Å². The SMILES string of the molecule is CCCCC(=O)C(=O)c1ccco1. The first kappa shape index (κ1) is 9.71. The molecular weight excluding hydrogens is 168 g/mol. The summed E-state index contributed by atoms with van der Waals surface area (Å²) in [5.41, 5.74) is 0. The smallest absolute Gasteiger partial charge is 0.263 e. The van der Waals surface area contributed by atoms with Crippen molar-refractivity contribution in [1.29, 1.82) is 0 Å². The van der Waals surface area contributed by atoms with Gasteiger partial charge in [0.2, 0.25) is 5.78 Å². The van der Waals surface area contributed by atoms with Gasteiger partial charge in [-0.3, -0.25) is 9.59 Å². The molecule has 70 valence electrons. The van der Waals surface area contributed by atoms with Crippen LogP contribution in [0, 0.1) is 0 Å². The summed E-state index contributed by atoms with van der Waals surface area (Å²) >= 11 is 0. The molecule has 0 aliphatic carbocycles. The Morgan fingerprint density at radius 2 is 2.23 bits per heavy atom. The molecule has 3 heteroatoms. The van der Waals surface area contributed by atoms with Gasteiger partial charge in [-0.05, 0) is 18.6 Å². The van der Waals surface area contributed by atoms with E-state index in [0.717, 1.165) is 12.8 Å². The number of carbonyl (C=O) groups is 2. The molecule has 0 aromatic carbocycles.